The van der Waals surface area contributed by atoms with Crippen LogP contribution in [0.1, 0.15) is 0 Å². The summed E-state index contributed by atoms with van der Waals surface area (Å²) < 4.78 is 23.4. The van der Waals surface area contributed by atoms with Gasteiger partial charge in [-0.15, -0.1) is 0 Å². The third kappa shape index (κ3) is 6.30. The highest BCUT2D eigenvalue weighted by atomic mass is 31.2. The van der Waals surface area contributed by atoms with Crippen LogP contribution >= 0.6 is 7.60 Å². The fourth-order valence-electron chi connectivity index (χ4n) is 2.59. The van der Waals surface area contributed by atoms with Crippen molar-refractivity contribution < 1.29 is 39.1 Å². The van der Waals surface area contributed by atoms with Gasteiger partial charge in [-0.1, -0.05) is 0 Å². The van der Waals surface area contributed by atoms with Crippen LogP contribution in [0.4, 0.5) is 0 Å². The van der Waals surface area contributed by atoms with E-state index in [0.29, 0.717) is 0 Å². The number of nitrogens with one attached hydrogen (secondary N) is 2. The highest BCUT2D eigenvalue weighted by Crippen LogP contribution is 2.42. The molecule has 28 heavy (non-hydrogen) atoms. The summed E-state index contributed by atoms with van der Waals surface area (Å²) in [5, 5.41) is 40.3. The van der Waals surface area contributed by atoms with E-state index in [0.717, 1.165) is 10.6 Å². The van der Waals surface area contributed by atoms with E-state index in [1.165, 1.54) is 6.20 Å². The van der Waals surface area contributed by atoms with Crippen molar-refractivity contribution in [3.63, 3.8) is 0 Å². The molecule has 1 saturated heterocycles. The largest absolute Gasteiger partial charge is 0.392 e. The first kappa shape index (κ1) is 22.9. The Bertz CT molecular complexity index is 798. The Kier molecular flexibility index (Phi) is 8.07. The second kappa shape index (κ2) is 9.87. The molecule has 0 spiro atoms. The molecule has 2 rings (SSSR count). The van der Waals surface area contributed by atoms with E-state index in [9.17, 15) is 29.3 Å². The number of aromatic amines is 1. The van der Waals surface area contributed by atoms with Crippen molar-refractivity contribution in [1.29, 1.82) is 0 Å². The lowest BCUT2D eigenvalue weighted by Gasteiger charge is -2.18. The summed E-state index contributed by atoms with van der Waals surface area (Å²) in [5.41, 5.74) is -1.30. The number of rotatable bonds is 10. The number of hydrogen-bond acceptors (Lipinski definition) is 10. The third-order valence-electron chi connectivity index (χ3n) is 4.12. The van der Waals surface area contributed by atoms with E-state index in [1.807, 2.05) is 4.98 Å². The van der Waals surface area contributed by atoms with Gasteiger partial charge in [-0.05, 0) is 0 Å². The molecule has 13 nitrogen and oxygen atoms in total. The quantitative estimate of drug-likeness (QED) is 0.143. The summed E-state index contributed by atoms with van der Waals surface area (Å²) in [6.07, 6.45) is -5.31. The minimum atomic E-state index is -4.08. The monoisotopic (exact) mass is 425 g/mol. The molecule has 6 atom stereocenters. The SMILES string of the molecule is O=c1ccn(C[C@@H]2O[C@H](COP(=O)(O)CCNC(O)CO)[C@@H](O)[C@H]2O)c(=O)[nH]1. The van der Waals surface area contributed by atoms with Crippen molar-refractivity contribution >= 4 is 7.60 Å². The van der Waals surface area contributed by atoms with Crippen LogP contribution < -0.4 is 16.6 Å². The van der Waals surface area contributed by atoms with Gasteiger partial charge in [0.1, 0.15) is 30.6 Å². The average molecular weight is 425 g/mol. The number of aliphatic hydroxyl groups excluding tert-OH is 4. The molecule has 0 amide bonds. The zero-order chi connectivity index (χ0) is 20.9. The van der Waals surface area contributed by atoms with E-state index in [-0.39, 0.29) is 19.3 Å². The molecule has 7 N–H and O–H groups in total. The minimum Gasteiger partial charge on any atom is -0.392 e. The Hall–Kier alpha value is -1.41. The lowest BCUT2D eigenvalue weighted by Crippen LogP contribution is -2.38. The highest BCUT2D eigenvalue weighted by Gasteiger charge is 2.43. The molecule has 1 fully saturated rings. The van der Waals surface area contributed by atoms with Gasteiger partial charge in [-0.25, -0.2) is 4.79 Å². The second-order valence-corrected chi connectivity index (χ2v) is 8.25. The van der Waals surface area contributed by atoms with Crippen molar-refractivity contribution in [1.82, 2.24) is 14.9 Å². The molecule has 1 aromatic heterocycles. The smallest absolute Gasteiger partial charge is 0.329 e. The number of hydrogen-bond donors (Lipinski definition) is 7. The maximum Gasteiger partial charge on any atom is 0.329 e. The molecule has 1 aliphatic heterocycles. The maximum absolute atomic E-state index is 11.9. The molecule has 160 valence electrons. The Morgan fingerprint density at radius 2 is 2.00 bits per heavy atom. The van der Waals surface area contributed by atoms with Gasteiger partial charge < -0.3 is 34.6 Å². The summed E-state index contributed by atoms with van der Waals surface area (Å²) in [6, 6.07) is 1.11. The number of nitrogens with zero attached hydrogens (tertiary/aromatic N) is 1. The van der Waals surface area contributed by atoms with E-state index >= 15 is 0 Å². The van der Waals surface area contributed by atoms with Crippen LogP contribution in [0.25, 0.3) is 0 Å². The molecular weight excluding hydrogens is 401 g/mol. The molecule has 0 aromatic carbocycles. The van der Waals surface area contributed by atoms with Crippen molar-refractivity contribution in [3.8, 4) is 0 Å². The topological polar surface area (TPSA) is 204 Å². The van der Waals surface area contributed by atoms with Crippen molar-refractivity contribution in [2.75, 3.05) is 25.9 Å². The Balaban J connectivity index is 1.88. The standard InChI is InChI=1S/C14H24N3O10P/c18-6-11(20)15-2-4-28(24,25)26-7-9-13(22)12(21)8(27-9)5-17-3-1-10(19)16-14(17)23/h1,3,8-9,11-13,15,18,20-22H,2,4-7H2,(H,24,25)(H,16,19,23)/t8-,9+,11?,12-,13+/m0/s1. The zero-order valence-corrected chi connectivity index (χ0v) is 15.6. The van der Waals surface area contributed by atoms with Crippen molar-refractivity contribution in [3.05, 3.63) is 33.1 Å². The van der Waals surface area contributed by atoms with Crippen LogP contribution in [0.3, 0.4) is 0 Å². The zero-order valence-electron chi connectivity index (χ0n) is 14.7. The lowest BCUT2D eigenvalue weighted by atomic mass is 10.1. The van der Waals surface area contributed by atoms with Gasteiger partial charge in [0.15, 0.2) is 0 Å². The van der Waals surface area contributed by atoms with Gasteiger partial charge in [0, 0.05) is 18.8 Å². The maximum atomic E-state index is 11.9. The van der Waals surface area contributed by atoms with E-state index in [2.05, 4.69) is 5.32 Å². The fourth-order valence-corrected chi connectivity index (χ4v) is 3.51. The van der Waals surface area contributed by atoms with E-state index < -0.39 is 62.7 Å². The molecule has 2 heterocycles. The normalized spacial score (nSPS) is 28.2. The van der Waals surface area contributed by atoms with Gasteiger partial charge in [0.05, 0.1) is 25.9 Å². The van der Waals surface area contributed by atoms with E-state index in [4.69, 9.17) is 19.5 Å². The molecule has 0 saturated carbocycles. The van der Waals surface area contributed by atoms with Gasteiger partial charge >= 0.3 is 13.3 Å². The number of ether oxygens (including phenoxy) is 1. The van der Waals surface area contributed by atoms with Crippen molar-refractivity contribution in [2.24, 2.45) is 0 Å². The number of H-pyrrole nitrogens is 1. The molecule has 0 radical (unpaired) electrons. The van der Waals surface area contributed by atoms with Gasteiger partial charge in [0.2, 0.25) is 0 Å². The molecule has 14 heteroatoms. The molecule has 0 aliphatic carbocycles. The first-order chi connectivity index (χ1) is 13.1. The third-order valence-corrected chi connectivity index (χ3v) is 5.46. The predicted octanol–water partition coefficient (Wildman–Crippen LogP) is -3.87. The first-order valence-electron chi connectivity index (χ1n) is 8.43. The number of aliphatic hydroxyl groups is 4. The van der Waals surface area contributed by atoms with Gasteiger partial charge in [-0.3, -0.25) is 24.2 Å². The second-order valence-electron chi connectivity index (χ2n) is 6.27. The molecular formula is C14H24N3O10P. The van der Waals surface area contributed by atoms with Crippen LogP contribution in [0.5, 0.6) is 0 Å². The van der Waals surface area contributed by atoms with Crippen LogP contribution in [0.15, 0.2) is 21.9 Å². The lowest BCUT2D eigenvalue weighted by molar-refractivity contribution is -0.0232. The summed E-state index contributed by atoms with van der Waals surface area (Å²) in [4.78, 5) is 34.6. The highest BCUT2D eigenvalue weighted by molar-refractivity contribution is 7.52. The Morgan fingerprint density at radius 3 is 2.64 bits per heavy atom. The molecule has 1 aliphatic rings. The summed E-state index contributed by atoms with van der Waals surface area (Å²) in [6.45, 7) is -1.32. The van der Waals surface area contributed by atoms with Gasteiger partial charge in [-0.2, -0.15) is 0 Å². The molecule has 0 bridgehead atoms. The average Bonchev–Trinajstić information content (AvgIpc) is 2.90. The summed E-state index contributed by atoms with van der Waals surface area (Å²) in [5.74, 6) is 0. The molecule has 1 aromatic rings. The van der Waals surface area contributed by atoms with Crippen LogP contribution in [0, 0.1) is 0 Å². The van der Waals surface area contributed by atoms with Gasteiger partial charge in [0.25, 0.3) is 5.56 Å². The molecule has 2 unspecified atom stereocenters. The van der Waals surface area contributed by atoms with E-state index in [1.54, 1.807) is 0 Å². The fraction of sp³-hybridized carbons (Fsp3) is 0.714. The first-order valence-corrected chi connectivity index (χ1v) is 10.2. The van der Waals surface area contributed by atoms with Crippen LogP contribution in [-0.2, 0) is 20.4 Å². The predicted molar refractivity (Wildman–Crippen MR) is 93.7 cm³/mol. The summed E-state index contributed by atoms with van der Waals surface area (Å²) >= 11 is 0. The number of aromatic nitrogens is 2. The Morgan fingerprint density at radius 1 is 1.32 bits per heavy atom. The summed E-state index contributed by atoms with van der Waals surface area (Å²) in [7, 11) is -4.08. The van der Waals surface area contributed by atoms with Crippen molar-refractivity contribution in [2.45, 2.75) is 37.2 Å². The minimum absolute atomic E-state index is 0.107. The van der Waals surface area contributed by atoms with Crippen LogP contribution in [0.2, 0.25) is 0 Å². The Labute approximate surface area is 158 Å². The van der Waals surface area contributed by atoms with Crippen LogP contribution in [-0.4, -0.2) is 91.4 Å².